The van der Waals surface area contributed by atoms with E-state index in [2.05, 4.69) is 25.9 Å². The molecule has 0 radical (unpaired) electrons. The van der Waals surface area contributed by atoms with Crippen molar-refractivity contribution in [3.05, 3.63) is 54.1 Å². The van der Waals surface area contributed by atoms with Crippen LogP contribution in [0, 0.1) is 0 Å². The SMILES string of the molecule is Cn1c(CNc2cnccc2CO)nc2ccccc21. The van der Waals surface area contributed by atoms with Crippen LogP contribution in [0.15, 0.2) is 42.7 Å². The van der Waals surface area contributed by atoms with E-state index >= 15 is 0 Å². The van der Waals surface area contributed by atoms with Crippen LogP contribution >= 0.6 is 0 Å². The molecule has 0 amide bonds. The largest absolute Gasteiger partial charge is 0.392 e. The van der Waals surface area contributed by atoms with Crippen molar-refractivity contribution in [3.63, 3.8) is 0 Å². The minimum atomic E-state index is -0.00655. The maximum atomic E-state index is 9.30. The first-order chi connectivity index (χ1) is 9.79. The number of hydrogen-bond donors (Lipinski definition) is 2. The number of imidazole rings is 1. The van der Waals surface area contributed by atoms with Gasteiger partial charge >= 0.3 is 0 Å². The maximum Gasteiger partial charge on any atom is 0.128 e. The second-order valence-electron chi connectivity index (χ2n) is 4.62. The summed E-state index contributed by atoms with van der Waals surface area (Å²) in [6.45, 7) is 0.581. The van der Waals surface area contributed by atoms with Gasteiger partial charge in [0.25, 0.3) is 0 Å². The van der Waals surface area contributed by atoms with Crippen molar-refractivity contribution in [2.45, 2.75) is 13.2 Å². The molecule has 2 N–H and O–H groups in total. The highest BCUT2D eigenvalue weighted by Gasteiger charge is 2.07. The Hall–Kier alpha value is -2.40. The summed E-state index contributed by atoms with van der Waals surface area (Å²) in [5.74, 6) is 0.943. The van der Waals surface area contributed by atoms with E-state index in [1.807, 2.05) is 25.2 Å². The predicted octanol–water partition coefficient (Wildman–Crippen LogP) is 2.07. The van der Waals surface area contributed by atoms with Crippen LogP contribution in [0.5, 0.6) is 0 Å². The van der Waals surface area contributed by atoms with Crippen molar-refractivity contribution in [1.29, 1.82) is 0 Å². The molecule has 0 atom stereocenters. The first-order valence-corrected chi connectivity index (χ1v) is 6.47. The lowest BCUT2D eigenvalue weighted by Crippen LogP contribution is -2.07. The Morgan fingerprint density at radius 3 is 2.90 bits per heavy atom. The van der Waals surface area contributed by atoms with Crippen LogP contribution in [-0.2, 0) is 20.2 Å². The molecule has 2 aromatic heterocycles. The van der Waals surface area contributed by atoms with E-state index in [0.717, 1.165) is 28.1 Å². The van der Waals surface area contributed by atoms with Gasteiger partial charge in [0.15, 0.2) is 0 Å². The van der Waals surface area contributed by atoms with Gasteiger partial charge in [-0.15, -0.1) is 0 Å². The molecule has 3 aromatic rings. The van der Waals surface area contributed by atoms with Gasteiger partial charge in [-0.2, -0.15) is 0 Å². The molecule has 0 unspecified atom stereocenters. The molecule has 0 aliphatic rings. The van der Waals surface area contributed by atoms with Gasteiger partial charge in [0.1, 0.15) is 5.82 Å². The van der Waals surface area contributed by atoms with Gasteiger partial charge in [-0.3, -0.25) is 4.98 Å². The smallest absolute Gasteiger partial charge is 0.128 e. The number of rotatable bonds is 4. The Balaban J connectivity index is 1.85. The molecule has 20 heavy (non-hydrogen) atoms. The monoisotopic (exact) mass is 268 g/mol. The molecule has 0 saturated heterocycles. The Kier molecular flexibility index (Phi) is 3.35. The number of pyridine rings is 1. The molecule has 102 valence electrons. The van der Waals surface area contributed by atoms with Crippen molar-refractivity contribution >= 4 is 16.7 Å². The van der Waals surface area contributed by atoms with Crippen molar-refractivity contribution in [3.8, 4) is 0 Å². The van der Waals surface area contributed by atoms with Gasteiger partial charge in [-0.1, -0.05) is 12.1 Å². The summed E-state index contributed by atoms with van der Waals surface area (Å²) in [4.78, 5) is 8.67. The lowest BCUT2D eigenvalue weighted by atomic mass is 10.2. The number of nitrogens with one attached hydrogen (secondary N) is 1. The molecule has 5 heteroatoms. The Labute approximate surface area is 116 Å². The van der Waals surface area contributed by atoms with E-state index in [-0.39, 0.29) is 6.61 Å². The van der Waals surface area contributed by atoms with Crippen LogP contribution < -0.4 is 5.32 Å². The number of aliphatic hydroxyl groups is 1. The second kappa shape index (κ2) is 5.30. The Morgan fingerprint density at radius 2 is 2.10 bits per heavy atom. The summed E-state index contributed by atoms with van der Waals surface area (Å²) in [6.07, 6.45) is 3.39. The number of para-hydroxylation sites is 2. The van der Waals surface area contributed by atoms with E-state index in [4.69, 9.17) is 0 Å². The van der Waals surface area contributed by atoms with E-state index in [1.54, 1.807) is 18.5 Å². The number of anilines is 1. The fourth-order valence-corrected chi connectivity index (χ4v) is 2.25. The van der Waals surface area contributed by atoms with Crippen LogP contribution in [0.25, 0.3) is 11.0 Å². The molecule has 1 aromatic carbocycles. The van der Waals surface area contributed by atoms with Crippen LogP contribution in [0.1, 0.15) is 11.4 Å². The quantitative estimate of drug-likeness (QED) is 0.760. The van der Waals surface area contributed by atoms with Crippen LogP contribution in [0.3, 0.4) is 0 Å². The molecule has 0 aliphatic carbocycles. The molecular formula is C15H16N4O. The van der Waals surface area contributed by atoms with Crippen molar-refractivity contribution in [2.24, 2.45) is 7.05 Å². The number of fused-ring (bicyclic) bond motifs is 1. The minimum absolute atomic E-state index is 0.00655. The van der Waals surface area contributed by atoms with E-state index in [1.165, 1.54) is 0 Å². The highest BCUT2D eigenvalue weighted by molar-refractivity contribution is 5.75. The number of nitrogens with zero attached hydrogens (tertiary/aromatic N) is 3. The summed E-state index contributed by atoms with van der Waals surface area (Å²) in [6, 6.07) is 9.85. The fourth-order valence-electron chi connectivity index (χ4n) is 2.25. The third-order valence-electron chi connectivity index (χ3n) is 3.40. The Bertz CT molecular complexity index is 736. The number of hydrogen-bond acceptors (Lipinski definition) is 4. The highest BCUT2D eigenvalue weighted by atomic mass is 16.3. The summed E-state index contributed by atoms with van der Waals surface area (Å²) in [7, 11) is 2.00. The van der Waals surface area contributed by atoms with Gasteiger partial charge in [0.05, 0.1) is 36.1 Å². The van der Waals surface area contributed by atoms with Gasteiger partial charge in [-0.05, 0) is 18.2 Å². The predicted molar refractivity (Wildman–Crippen MR) is 78.2 cm³/mol. The minimum Gasteiger partial charge on any atom is -0.392 e. The normalized spacial score (nSPS) is 10.9. The molecule has 0 bridgehead atoms. The van der Waals surface area contributed by atoms with Crippen LogP contribution in [-0.4, -0.2) is 19.6 Å². The van der Waals surface area contributed by atoms with Crippen molar-refractivity contribution < 1.29 is 5.11 Å². The van der Waals surface area contributed by atoms with Gasteiger partial charge in [0.2, 0.25) is 0 Å². The zero-order chi connectivity index (χ0) is 13.9. The maximum absolute atomic E-state index is 9.30. The van der Waals surface area contributed by atoms with Crippen LogP contribution in [0.2, 0.25) is 0 Å². The standard InChI is InChI=1S/C15H16N4O/c1-19-14-5-3-2-4-12(14)18-15(19)9-17-13-8-16-7-6-11(13)10-20/h2-8,17,20H,9-10H2,1H3. The number of aryl methyl sites for hydroxylation is 1. The van der Waals surface area contributed by atoms with E-state index in [9.17, 15) is 5.11 Å². The number of benzene rings is 1. The third-order valence-corrected chi connectivity index (χ3v) is 3.40. The van der Waals surface area contributed by atoms with Gasteiger partial charge < -0.3 is 15.0 Å². The fraction of sp³-hybridized carbons (Fsp3) is 0.200. The summed E-state index contributed by atoms with van der Waals surface area (Å²) in [5, 5.41) is 12.6. The van der Waals surface area contributed by atoms with Crippen molar-refractivity contribution in [2.75, 3.05) is 5.32 Å². The second-order valence-corrected chi connectivity index (χ2v) is 4.62. The molecule has 2 heterocycles. The number of aliphatic hydroxyl groups excluding tert-OH is 1. The molecule has 5 nitrogen and oxygen atoms in total. The van der Waals surface area contributed by atoms with E-state index < -0.39 is 0 Å². The van der Waals surface area contributed by atoms with Crippen LogP contribution in [0.4, 0.5) is 5.69 Å². The first kappa shape index (κ1) is 12.6. The molecule has 0 spiro atoms. The molecule has 0 saturated carbocycles. The third kappa shape index (κ3) is 2.23. The average molecular weight is 268 g/mol. The lowest BCUT2D eigenvalue weighted by Gasteiger charge is -2.09. The number of aromatic nitrogens is 3. The Morgan fingerprint density at radius 1 is 1.25 bits per heavy atom. The highest BCUT2D eigenvalue weighted by Crippen LogP contribution is 2.17. The summed E-state index contributed by atoms with van der Waals surface area (Å²) in [5.41, 5.74) is 3.76. The molecule has 0 fully saturated rings. The van der Waals surface area contributed by atoms with Crippen molar-refractivity contribution in [1.82, 2.24) is 14.5 Å². The topological polar surface area (TPSA) is 63.0 Å². The lowest BCUT2D eigenvalue weighted by molar-refractivity contribution is 0.282. The zero-order valence-corrected chi connectivity index (χ0v) is 11.2. The zero-order valence-electron chi connectivity index (χ0n) is 11.2. The average Bonchev–Trinajstić information content (AvgIpc) is 2.82. The molecular weight excluding hydrogens is 252 g/mol. The summed E-state index contributed by atoms with van der Waals surface area (Å²) >= 11 is 0. The molecule has 0 aliphatic heterocycles. The summed E-state index contributed by atoms with van der Waals surface area (Å²) < 4.78 is 2.07. The van der Waals surface area contributed by atoms with E-state index in [0.29, 0.717) is 6.54 Å². The first-order valence-electron chi connectivity index (χ1n) is 6.47. The van der Waals surface area contributed by atoms with Gasteiger partial charge in [-0.25, -0.2) is 4.98 Å². The molecule has 3 rings (SSSR count). The van der Waals surface area contributed by atoms with Gasteiger partial charge in [0, 0.05) is 18.8 Å².